The van der Waals surface area contributed by atoms with Crippen LogP contribution in [-0.4, -0.2) is 54.0 Å². The van der Waals surface area contributed by atoms with E-state index >= 15 is 0 Å². The topological polar surface area (TPSA) is 97.1 Å². The fourth-order valence-corrected chi connectivity index (χ4v) is 4.38. The number of hydrogen-bond acceptors (Lipinski definition) is 5. The largest absolute Gasteiger partial charge is 0.489 e. The van der Waals surface area contributed by atoms with Gasteiger partial charge in [-0.05, 0) is 35.9 Å². The maximum Gasteiger partial charge on any atom is 0.316 e. The fraction of sp³-hybridized carbons (Fsp3) is 0.409. The number of benzene rings is 2. The van der Waals surface area contributed by atoms with E-state index in [0.717, 1.165) is 43.1 Å². The zero-order valence-corrected chi connectivity index (χ0v) is 17.4. The van der Waals surface area contributed by atoms with Gasteiger partial charge in [0.2, 0.25) is 0 Å². The van der Waals surface area contributed by atoms with Gasteiger partial charge < -0.3 is 30.5 Å². The Labute approximate surface area is 180 Å². The number of nitrogens with two attached hydrogens (primary N) is 1. The van der Waals surface area contributed by atoms with Crippen LogP contribution in [0.1, 0.15) is 18.4 Å². The Balaban J connectivity index is 1.26. The molecule has 0 saturated carbocycles. The highest BCUT2D eigenvalue weighted by molar-refractivity contribution is 6.30. The van der Waals surface area contributed by atoms with E-state index in [9.17, 15) is 9.90 Å². The molecule has 30 heavy (non-hydrogen) atoms. The molecule has 2 aliphatic heterocycles. The van der Waals surface area contributed by atoms with Crippen molar-refractivity contribution in [2.24, 2.45) is 5.73 Å². The second-order valence-electron chi connectivity index (χ2n) is 7.96. The molecule has 2 aromatic rings. The summed E-state index contributed by atoms with van der Waals surface area (Å²) in [4.78, 5) is 13.3. The van der Waals surface area contributed by atoms with Gasteiger partial charge in [-0.1, -0.05) is 23.7 Å². The first-order valence-corrected chi connectivity index (χ1v) is 10.5. The van der Waals surface area contributed by atoms with E-state index in [1.807, 2.05) is 18.2 Å². The summed E-state index contributed by atoms with van der Waals surface area (Å²) in [5.41, 5.74) is 6.67. The second kappa shape index (κ2) is 8.71. The van der Waals surface area contributed by atoms with E-state index in [1.54, 1.807) is 24.3 Å². The minimum Gasteiger partial charge on any atom is -0.489 e. The predicted octanol–water partition coefficient (Wildman–Crippen LogP) is 3.04. The zero-order valence-electron chi connectivity index (χ0n) is 16.6. The molecule has 160 valence electrons. The first-order chi connectivity index (χ1) is 14.4. The summed E-state index contributed by atoms with van der Waals surface area (Å²) in [5, 5.41) is 13.7. The predicted molar refractivity (Wildman–Crippen MR) is 115 cm³/mol. The lowest BCUT2D eigenvalue weighted by Gasteiger charge is -2.39. The van der Waals surface area contributed by atoms with Crippen molar-refractivity contribution in [2.75, 3.05) is 31.6 Å². The molecule has 4 N–H and O–H groups in total. The van der Waals surface area contributed by atoms with Gasteiger partial charge in [0, 0.05) is 43.9 Å². The van der Waals surface area contributed by atoms with Gasteiger partial charge in [-0.15, -0.1) is 0 Å². The number of aliphatic hydroxyl groups excluding tert-OH is 1. The molecule has 1 fully saturated rings. The van der Waals surface area contributed by atoms with Crippen molar-refractivity contribution in [1.29, 1.82) is 0 Å². The van der Waals surface area contributed by atoms with Gasteiger partial charge in [-0.25, -0.2) is 4.79 Å². The number of aliphatic hydroxyl groups is 1. The molecule has 2 aliphatic rings. The van der Waals surface area contributed by atoms with E-state index < -0.39 is 12.1 Å². The number of primary amides is 1. The zero-order chi connectivity index (χ0) is 21.1. The Morgan fingerprint density at radius 2 is 2.07 bits per heavy atom. The van der Waals surface area contributed by atoms with Gasteiger partial charge in [0.05, 0.1) is 5.69 Å². The number of likely N-dealkylation sites (tertiary alicyclic amines) is 1. The number of piperidine rings is 1. The van der Waals surface area contributed by atoms with E-state index in [0.29, 0.717) is 18.0 Å². The molecule has 7 nitrogen and oxygen atoms in total. The normalized spacial score (nSPS) is 18.5. The van der Waals surface area contributed by atoms with E-state index in [1.165, 1.54) is 5.56 Å². The molecule has 1 unspecified atom stereocenters. The number of carbonyl (C=O) groups excluding carboxylic acids is 1. The molecular formula is C22H26ClN3O4. The smallest absolute Gasteiger partial charge is 0.316 e. The number of fused-ring (bicyclic) bond motifs is 1. The van der Waals surface area contributed by atoms with Crippen LogP contribution in [0.25, 0.3) is 0 Å². The molecule has 2 aromatic carbocycles. The fourth-order valence-electron chi connectivity index (χ4n) is 4.19. The summed E-state index contributed by atoms with van der Waals surface area (Å²) >= 11 is 6.11. The number of halogens is 1. The SMILES string of the molecule is NC(=O)Nc1ccccc1OCC(O)CN1CCC2(CC1)Cc1cc(Cl)ccc1O2. The highest BCUT2D eigenvalue weighted by Gasteiger charge is 2.42. The number of amides is 2. The maximum absolute atomic E-state index is 11.1. The van der Waals surface area contributed by atoms with Crippen LogP contribution in [0.4, 0.5) is 10.5 Å². The third kappa shape index (κ3) is 4.80. The summed E-state index contributed by atoms with van der Waals surface area (Å²) in [6, 6.07) is 12.1. The third-order valence-corrected chi connectivity index (χ3v) is 5.91. The number of β-amino-alcohol motifs (C(OH)–C–C–N with tert-alkyl or cyclic N) is 1. The summed E-state index contributed by atoms with van der Waals surface area (Å²) < 4.78 is 12.0. The van der Waals surface area contributed by atoms with Crippen LogP contribution in [0.3, 0.4) is 0 Å². The lowest BCUT2D eigenvalue weighted by atomic mass is 9.87. The molecule has 2 heterocycles. The second-order valence-corrected chi connectivity index (χ2v) is 8.40. The molecular weight excluding hydrogens is 406 g/mol. The monoisotopic (exact) mass is 431 g/mol. The van der Waals surface area contributed by atoms with Crippen molar-refractivity contribution in [3.63, 3.8) is 0 Å². The molecule has 8 heteroatoms. The molecule has 1 spiro atoms. The molecule has 0 aliphatic carbocycles. The van der Waals surface area contributed by atoms with Crippen LogP contribution < -0.4 is 20.5 Å². The Morgan fingerprint density at radius 1 is 1.30 bits per heavy atom. The van der Waals surface area contributed by atoms with Crippen molar-refractivity contribution < 1.29 is 19.4 Å². The van der Waals surface area contributed by atoms with Crippen LogP contribution >= 0.6 is 11.6 Å². The van der Waals surface area contributed by atoms with Gasteiger partial charge in [0.25, 0.3) is 0 Å². The Hall–Kier alpha value is -2.48. The molecule has 2 amide bonds. The average Bonchev–Trinajstić information content (AvgIpc) is 3.06. The van der Waals surface area contributed by atoms with E-state index in [4.69, 9.17) is 26.8 Å². The van der Waals surface area contributed by atoms with Crippen LogP contribution in [0.15, 0.2) is 42.5 Å². The molecule has 1 saturated heterocycles. The minimum atomic E-state index is -0.660. The number of nitrogens with one attached hydrogen (secondary N) is 1. The van der Waals surface area contributed by atoms with Gasteiger partial charge >= 0.3 is 6.03 Å². The first-order valence-electron chi connectivity index (χ1n) is 10.1. The third-order valence-electron chi connectivity index (χ3n) is 5.67. The molecule has 1 atom stereocenters. The van der Waals surface area contributed by atoms with Gasteiger partial charge in [0.15, 0.2) is 0 Å². The Bertz CT molecular complexity index is 915. The molecule has 0 radical (unpaired) electrons. The summed E-state index contributed by atoms with van der Waals surface area (Å²) in [5.74, 6) is 1.41. The summed E-state index contributed by atoms with van der Waals surface area (Å²) in [6.07, 6.45) is 2.03. The van der Waals surface area contributed by atoms with Crippen molar-refractivity contribution in [2.45, 2.75) is 31.0 Å². The molecule has 4 rings (SSSR count). The van der Waals surface area contributed by atoms with Gasteiger partial charge in [-0.2, -0.15) is 0 Å². The average molecular weight is 432 g/mol. The summed E-state index contributed by atoms with van der Waals surface area (Å²) in [6.45, 7) is 2.33. The highest BCUT2D eigenvalue weighted by Crippen LogP contribution is 2.41. The van der Waals surface area contributed by atoms with Crippen molar-refractivity contribution in [3.05, 3.63) is 53.1 Å². The van der Waals surface area contributed by atoms with E-state index in [2.05, 4.69) is 10.2 Å². The number of ether oxygens (including phenoxy) is 2. The van der Waals surface area contributed by atoms with Gasteiger partial charge in [-0.3, -0.25) is 0 Å². The Morgan fingerprint density at radius 3 is 2.83 bits per heavy atom. The van der Waals surface area contributed by atoms with Crippen LogP contribution in [0.2, 0.25) is 5.02 Å². The first kappa shape index (κ1) is 20.8. The van der Waals surface area contributed by atoms with Crippen LogP contribution in [0.5, 0.6) is 11.5 Å². The number of hydrogen-bond donors (Lipinski definition) is 3. The lowest BCUT2D eigenvalue weighted by Crippen LogP contribution is -2.49. The number of para-hydroxylation sites is 2. The standard InChI is InChI=1S/C22H26ClN3O4/c23-16-5-6-19-15(11-16)12-22(30-19)7-9-26(10-8-22)13-17(27)14-29-20-4-2-1-3-18(20)25-21(24)28/h1-6,11,17,27H,7-10,12-14H2,(H3,24,25,28). The molecule has 0 bridgehead atoms. The minimum absolute atomic E-state index is 0.125. The number of urea groups is 1. The van der Waals surface area contributed by atoms with Gasteiger partial charge in [0.1, 0.15) is 29.8 Å². The number of anilines is 1. The number of carbonyl (C=O) groups is 1. The maximum atomic E-state index is 11.1. The summed E-state index contributed by atoms with van der Waals surface area (Å²) in [7, 11) is 0. The number of nitrogens with zero attached hydrogens (tertiary/aromatic N) is 1. The van der Waals surface area contributed by atoms with Crippen LogP contribution in [-0.2, 0) is 6.42 Å². The quantitative estimate of drug-likeness (QED) is 0.653. The van der Waals surface area contributed by atoms with Crippen LogP contribution in [0, 0.1) is 0 Å². The van der Waals surface area contributed by atoms with E-state index in [-0.39, 0.29) is 12.2 Å². The molecule has 0 aromatic heterocycles. The lowest BCUT2D eigenvalue weighted by molar-refractivity contribution is -0.00191. The highest BCUT2D eigenvalue weighted by atomic mass is 35.5. The Kier molecular flexibility index (Phi) is 6.04. The van der Waals surface area contributed by atoms with Crippen molar-refractivity contribution in [1.82, 2.24) is 4.90 Å². The van der Waals surface area contributed by atoms with Crippen molar-refractivity contribution >= 4 is 23.3 Å². The van der Waals surface area contributed by atoms with Crippen molar-refractivity contribution in [3.8, 4) is 11.5 Å². The number of rotatable bonds is 6.